The van der Waals surface area contributed by atoms with Crippen LogP contribution in [0.5, 0.6) is 0 Å². The van der Waals surface area contributed by atoms with Gasteiger partial charge in [-0.05, 0) is 12.3 Å². The van der Waals surface area contributed by atoms with Crippen LogP contribution >= 0.6 is 0 Å². The number of alkyl carbamates (subject to hydrolysis) is 1. The molecule has 94 valence electrons. The monoisotopic (exact) mass is 231 g/mol. The molecule has 0 aromatic rings. The number of rotatable bonds is 5. The molecule has 1 N–H and O–H groups in total. The number of hydrogen-bond donors (Lipinski definition) is 1. The van der Waals surface area contributed by atoms with Crippen LogP contribution in [-0.4, -0.2) is 32.3 Å². The Labute approximate surface area is 96.5 Å². The van der Waals surface area contributed by atoms with Gasteiger partial charge in [-0.15, -0.1) is 0 Å². The van der Waals surface area contributed by atoms with Gasteiger partial charge in [-0.2, -0.15) is 0 Å². The van der Waals surface area contributed by atoms with Gasteiger partial charge in [0.2, 0.25) is 0 Å². The molecule has 0 fully saturated rings. The molecule has 1 amide bonds. The Kier molecular flexibility index (Phi) is 6.53. The maximum Gasteiger partial charge on any atom is 0.407 e. The molecule has 0 unspecified atom stereocenters. The zero-order valence-electron chi connectivity index (χ0n) is 10.6. The lowest BCUT2D eigenvalue weighted by Gasteiger charge is -2.27. The van der Waals surface area contributed by atoms with Gasteiger partial charge in [-0.3, -0.25) is 4.79 Å². The molecule has 5 heteroatoms. The Bertz CT molecular complexity index is 240. The van der Waals surface area contributed by atoms with Gasteiger partial charge in [-0.1, -0.05) is 20.8 Å². The summed E-state index contributed by atoms with van der Waals surface area (Å²) >= 11 is 0. The van der Waals surface area contributed by atoms with Crippen LogP contribution in [0.2, 0.25) is 0 Å². The second-order valence-corrected chi connectivity index (χ2v) is 3.94. The van der Waals surface area contributed by atoms with E-state index < -0.39 is 6.09 Å². The van der Waals surface area contributed by atoms with Gasteiger partial charge in [0.15, 0.2) is 0 Å². The third-order valence-corrected chi connectivity index (χ3v) is 2.57. The van der Waals surface area contributed by atoms with E-state index in [4.69, 9.17) is 4.74 Å². The van der Waals surface area contributed by atoms with E-state index in [1.165, 1.54) is 14.2 Å². The number of esters is 1. The molecule has 0 aliphatic carbocycles. The predicted molar refractivity (Wildman–Crippen MR) is 60.0 cm³/mol. The molecule has 2 atom stereocenters. The zero-order chi connectivity index (χ0) is 12.7. The fourth-order valence-corrected chi connectivity index (χ4v) is 1.65. The van der Waals surface area contributed by atoms with Gasteiger partial charge >= 0.3 is 12.1 Å². The number of hydrogen-bond acceptors (Lipinski definition) is 4. The van der Waals surface area contributed by atoms with Crippen molar-refractivity contribution >= 4 is 12.1 Å². The molecular weight excluding hydrogens is 210 g/mol. The second-order valence-electron chi connectivity index (χ2n) is 3.94. The molecule has 0 bridgehead atoms. The van der Waals surface area contributed by atoms with Crippen LogP contribution in [0, 0.1) is 11.8 Å². The van der Waals surface area contributed by atoms with Crippen molar-refractivity contribution in [2.24, 2.45) is 11.8 Å². The lowest BCUT2D eigenvalue weighted by atomic mass is 9.88. The van der Waals surface area contributed by atoms with Crippen LogP contribution < -0.4 is 5.32 Å². The SMILES string of the molecule is CC[C@@H](C(=O)OC)[C@@H](NC(=O)OC)C(C)C. The van der Waals surface area contributed by atoms with Crippen LogP contribution in [-0.2, 0) is 14.3 Å². The highest BCUT2D eigenvalue weighted by atomic mass is 16.5. The first kappa shape index (κ1) is 14.7. The largest absolute Gasteiger partial charge is 0.469 e. The molecule has 5 nitrogen and oxygen atoms in total. The van der Waals surface area contributed by atoms with Crippen LogP contribution in [0.4, 0.5) is 4.79 Å². The average molecular weight is 231 g/mol. The minimum Gasteiger partial charge on any atom is -0.469 e. The Morgan fingerprint density at radius 3 is 2.06 bits per heavy atom. The van der Waals surface area contributed by atoms with E-state index in [-0.39, 0.29) is 23.8 Å². The van der Waals surface area contributed by atoms with Crippen molar-refractivity contribution < 1.29 is 19.1 Å². The number of carbonyl (C=O) groups excluding carboxylic acids is 2. The maximum absolute atomic E-state index is 11.5. The highest BCUT2D eigenvalue weighted by Crippen LogP contribution is 2.18. The molecule has 0 aromatic heterocycles. The summed E-state index contributed by atoms with van der Waals surface area (Å²) in [6, 6.07) is -0.273. The van der Waals surface area contributed by atoms with Gasteiger partial charge in [0.1, 0.15) is 0 Å². The van der Waals surface area contributed by atoms with Crippen LogP contribution in [0.25, 0.3) is 0 Å². The molecule has 0 heterocycles. The molecular formula is C11H21NO4. The second kappa shape index (κ2) is 7.09. The highest BCUT2D eigenvalue weighted by molar-refractivity contribution is 5.75. The number of carbonyl (C=O) groups is 2. The Morgan fingerprint density at radius 1 is 1.19 bits per heavy atom. The smallest absolute Gasteiger partial charge is 0.407 e. The minimum atomic E-state index is -0.527. The summed E-state index contributed by atoms with van der Waals surface area (Å²) in [7, 11) is 2.65. The van der Waals surface area contributed by atoms with Crippen molar-refractivity contribution in [3.63, 3.8) is 0 Å². The number of nitrogens with one attached hydrogen (secondary N) is 1. The molecule has 0 radical (unpaired) electrons. The van der Waals surface area contributed by atoms with Crippen LogP contribution in [0.15, 0.2) is 0 Å². The lowest BCUT2D eigenvalue weighted by Crippen LogP contribution is -2.46. The first-order valence-corrected chi connectivity index (χ1v) is 5.40. The summed E-state index contributed by atoms with van der Waals surface area (Å²) in [6.45, 7) is 5.76. The predicted octanol–water partition coefficient (Wildman–Crippen LogP) is 1.57. The Morgan fingerprint density at radius 2 is 1.75 bits per heavy atom. The van der Waals surface area contributed by atoms with Crippen molar-refractivity contribution in [2.75, 3.05) is 14.2 Å². The topological polar surface area (TPSA) is 64.6 Å². The van der Waals surface area contributed by atoms with E-state index in [1.807, 2.05) is 20.8 Å². The first-order chi connectivity index (χ1) is 7.47. The molecule has 0 aliphatic heterocycles. The van der Waals surface area contributed by atoms with Crippen molar-refractivity contribution in [3.05, 3.63) is 0 Å². The van der Waals surface area contributed by atoms with Crippen molar-refractivity contribution in [1.82, 2.24) is 5.32 Å². The standard InChI is InChI=1S/C11H21NO4/c1-6-8(10(13)15-4)9(7(2)3)12-11(14)16-5/h7-9H,6H2,1-5H3,(H,12,14)/t8-,9+/m1/s1. The number of methoxy groups -OCH3 is 2. The first-order valence-electron chi connectivity index (χ1n) is 5.40. The lowest BCUT2D eigenvalue weighted by molar-refractivity contribution is -0.147. The summed E-state index contributed by atoms with van der Waals surface area (Å²) < 4.78 is 9.26. The third-order valence-electron chi connectivity index (χ3n) is 2.57. The molecule has 0 saturated carbocycles. The molecule has 16 heavy (non-hydrogen) atoms. The molecule has 0 saturated heterocycles. The third kappa shape index (κ3) is 4.08. The van der Waals surface area contributed by atoms with Gasteiger partial charge in [0.25, 0.3) is 0 Å². The quantitative estimate of drug-likeness (QED) is 0.729. The summed E-state index contributed by atoms with van der Waals surface area (Å²) in [4.78, 5) is 22.7. The maximum atomic E-state index is 11.5. The van der Waals surface area contributed by atoms with E-state index in [0.717, 1.165) is 0 Å². The van der Waals surface area contributed by atoms with E-state index in [9.17, 15) is 9.59 Å². The summed E-state index contributed by atoms with van der Waals surface area (Å²) in [5.41, 5.74) is 0. The van der Waals surface area contributed by atoms with Gasteiger partial charge in [-0.25, -0.2) is 4.79 Å². The van der Waals surface area contributed by atoms with Crippen LogP contribution in [0.1, 0.15) is 27.2 Å². The summed E-state index contributed by atoms with van der Waals surface area (Å²) in [5, 5.41) is 2.67. The highest BCUT2D eigenvalue weighted by Gasteiger charge is 2.31. The van der Waals surface area contributed by atoms with Gasteiger partial charge < -0.3 is 14.8 Å². The van der Waals surface area contributed by atoms with E-state index >= 15 is 0 Å². The van der Waals surface area contributed by atoms with Crippen molar-refractivity contribution in [2.45, 2.75) is 33.2 Å². The average Bonchev–Trinajstić information content (AvgIpc) is 2.27. The summed E-state index contributed by atoms with van der Waals surface area (Å²) in [5.74, 6) is -0.523. The van der Waals surface area contributed by atoms with Crippen molar-refractivity contribution in [3.8, 4) is 0 Å². The van der Waals surface area contributed by atoms with Crippen LogP contribution in [0.3, 0.4) is 0 Å². The normalized spacial score (nSPS) is 14.1. The Balaban J connectivity index is 4.72. The van der Waals surface area contributed by atoms with E-state index in [0.29, 0.717) is 6.42 Å². The molecule has 0 spiro atoms. The van der Waals surface area contributed by atoms with E-state index in [1.54, 1.807) is 0 Å². The fourth-order valence-electron chi connectivity index (χ4n) is 1.65. The Hall–Kier alpha value is -1.26. The number of amides is 1. The zero-order valence-corrected chi connectivity index (χ0v) is 10.6. The molecule has 0 aromatic carbocycles. The van der Waals surface area contributed by atoms with Gasteiger partial charge in [0, 0.05) is 6.04 Å². The molecule has 0 aliphatic rings. The van der Waals surface area contributed by atoms with E-state index in [2.05, 4.69) is 10.1 Å². The minimum absolute atomic E-state index is 0.128. The summed E-state index contributed by atoms with van der Waals surface area (Å²) in [6.07, 6.45) is 0.0838. The van der Waals surface area contributed by atoms with Gasteiger partial charge in [0.05, 0.1) is 20.1 Å². The number of ether oxygens (including phenoxy) is 2. The fraction of sp³-hybridized carbons (Fsp3) is 0.818. The molecule has 0 rings (SSSR count). The van der Waals surface area contributed by atoms with Crippen molar-refractivity contribution in [1.29, 1.82) is 0 Å².